The summed E-state index contributed by atoms with van der Waals surface area (Å²) in [4.78, 5) is 14.4. The molecule has 1 saturated carbocycles. The summed E-state index contributed by atoms with van der Waals surface area (Å²) in [5.41, 5.74) is 2.22. The number of nitrogens with one attached hydrogen (secondary N) is 1. The third kappa shape index (κ3) is 2.42. The molecule has 1 fully saturated rings. The standard InChI is InChI=1S/C13H16N4S/c1-2-14-7-11-12(9-3-4-9)17-13(18-11)10-5-6-15-8-16-10/h5-6,8-9,14H,2-4,7H2,1H3. The molecule has 0 aromatic carbocycles. The maximum Gasteiger partial charge on any atom is 0.142 e. The van der Waals surface area contributed by atoms with Crippen molar-refractivity contribution < 1.29 is 0 Å². The lowest BCUT2D eigenvalue weighted by atomic mass is 10.2. The second-order valence-electron chi connectivity index (χ2n) is 4.48. The summed E-state index contributed by atoms with van der Waals surface area (Å²) < 4.78 is 0. The molecule has 1 aliphatic rings. The zero-order valence-electron chi connectivity index (χ0n) is 10.4. The van der Waals surface area contributed by atoms with Crippen LogP contribution < -0.4 is 5.32 Å². The van der Waals surface area contributed by atoms with E-state index in [1.807, 2.05) is 6.07 Å². The summed E-state index contributed by atoms with van der Waals surface area (Å²) >= 11 is 1.76. The molecule has 1 N–H and O–H groups in total. The van der Waals surface area contributed by atoms with Crippen LogP contribution >= 0.6 is 11.3 Å². The van der Waals surface area contributed by atoms with Gasteiger partial charge in [-0.3, -0.25) is 0 Å². The first-order valence-corrected chi connectivity index (χ1v) is 7.17. The predicted molar refractivity (Wildman–Crippen MR) is 72.5 cm³/mol. The van der Waals surface area contributed by atoms with E-state index in [1.54, 1.807) is 23.9 Å². The first-order chi connectivity index (χ1) is 8.88. The van der Waals surface area contributed by atoms with Crippen LogP contribution in [-0.4, -0.2) is 21.5 Å². The van der Waals surface area contributed by atoms with Crippen LogP contribution in [0.3, 0.4) is 0 Å². The molecule has 0 unspecified atom stereocenters. The molecule has 94 valence electrons. The van der Waals surface area contributed by atoms with Gasteiger partial charge in [-0.05, 0) is 25.5 Å². The maximum absolute atomic E-state index is 4.78. The lowest BCUT2D eigenvalue weighted by Gasteiger charge is -2.00. The SMILES string of the molecule is CCNCc1sc(-c2ccncn2)nc1C1CC1. The van der Waals surface area contributed by atoms with Crippen LogP contribution in [0.5, 0.6) is 0 Å². The van der Waals surface area contributed by atoms with Gasteiger partial charge in [0.2, 0.25) is 0 Å². The molecule has 0 radical (unpaired) electrons. The first kappa shape index (κ1) is 11.7. The van der Waals surface area contributed by atoms with E-state index in [1.165, 1.54) is 23.4 Å². The van der Waals surface area contributed by atoms with Crippen molar-refractivity contribution in [2.45, 2.75) is 32.2 Å². The second kappa shape index (κ2) is 5.12. The Bertz CT molecular complexity index is 519. The summed E-state index contributed by atoms with van der Waals surface area (Å²) in [6.45, 7) is 4.04. The van der Waals surface area contributed by atoms with Crippen LogP contribution in [-0.2, 0) is 6.54 Å². The zero-order valence-corrected chi connectivity index (χ0v) is 11.2. The minimum absolute atomic E-state index is 0.686. The second-order valence-corrected chi connectivity index (χ2v) is 5.56. The van der Waals surface area contributed by atoms with Gasteiger partial charge in [-0.1, -0.05) is 6.92 Å². The number of nitrogens with zero attached hydrogens (tertiary/aromatic N) is 3. The molecule has 0 bridgehead atoms. The molecule has 0 spiro atoms. The van der Waals surface area contributed by atoms with E-state index in [0.29, 0.717) is 5.92 Å². The Kier molecular flexibility index (Phi) is 3.34. The molecule has 0 atom stereocenters. The Balaban J connectivity index is 1.91. The smallest absolute Gasteiger partial charge is 0.142 e. The molecule has 3 rings (SSSR count). The summed E-state index contributed by atoms with van der Waals surface area (Å²) in [5.74, 6) is 0.686. The van der Waals surface area contributed by atoms with Gasteiger partial charge < -0.3 is 5.32 Å². The molecular weight excluding hydrogens is 244 g/mol. The van der Waals surface area contributed by atoms with E-state index in [-0.39, 0.29) is 0 Å². The normalized spacial score (nSPS) is 14.9. The highest BCUT2D eigenvalue weighted by molar-refractivity contribution is 7.15. The summed E-state index contributed by atoms with van der Waals surface area (Å²) in [6, 6.07) is 1.92. The third-order valence-electron chi connectivity index (χ3n) is 3.03. The van der Waals surface area contributed by atoms with Gasteiger partial charge in [-0.25, -0.2) is 15.0 Å². The van der Waals surface area contributed by atoms with Gasteiger partial charge in [0.05, 0.1) is 5.69 Å². The predicted octanol–water partition coefficient (Wildman–Crippen LogP) is 2.59. The Morgan fingerprint density at radius 3 is 3.00 bits per heavy atom. The van der Waals surface area contributed by atoms with Gasteiger partial charge in [-0.15, -0.1) is 11.3 Å². The van der Waals surface area contributed by atoms with Crippen LogP contribution in [0, 0.1) is 0 Å². The number of aromatic nitrogens is 3. The van der Waals surface area contributed by atoms with E-state index >= 15 is 0 Å². The van der Waals surface area contributed by atoms with E-state index in [4.69, 9.17) is 4.98 Å². The van der Waals surface area contributed by atoms with E-state index in [9.17, 15) is 0 Å². The average Bonchev–Trinajstić information content (AvgIpc) is 3.18. The largest absolute Gasteiger partial charge is 0.312 e. The van der Waals surface area contributed by atoms with E-state index in [2.05, 4.69) is 22.2 Å². The van der Waals surface area contributed by atoms with Gasteiger partial charge in [0.15, 0.2) is 0 Å². The van der Waals surface area contributed by atoms with Crippen molar-refractivity contribution in [3.8, 4) is 10.7 Å². The Labute approximate surface area is 111 Å². The maximum atomic E-state index is 4.78. The van der Waals surface area contributed by atoms with Crippen LogP contribution in [0.4, 0.5) is 0 Å². The van der Waals surface area contributed by atoms with Crippen LogP contribution in [0.2, 0.25) is 0 Å². The molecule has 1 aliphatic carbocycles. The minimum Gasteiger partial charge on any atom is -0.312 e. The molecule has 18 heavy (non-hydrogen) atoms. The topological polar surface area (TPSA) is 50.7 Å². The van der Waals surface area contributed by atoms with Gasteiger partial charge in [0.25, 0.3) is 0 Å². The zero-order chi connectivity index (χ0) is 12.4. The third-order valence-corrected chi connectivity index (χ3v) is 4.12. The molecule has 0 aliphatic heterocycles. The van der Waals surface area contributed by atoms with Crippen molar-refractivity contribution in [1.29, 1.82) is 0 Å². The molecule has 4 nitrogen and oxygen atoms in total. The summed E-state index contributed by atoms with van der Waals surface area (Å²) in [6.07, 6.45) is 5.92. The highest BCUT2D eigenvalue weighted by atomic mass is 32.1. The van der Waals surface area contributed by atoms with E-state index < -0.39 is 0 Å². The molecule has 2 heterocycles. The van der Waals surface area contributed by atoms with Crippen molar-refractivity contribution >= 4 is 11.3 Å². The Morgan fingerprint density at radius 1 is 1.44 bits per heavy atom. The Morgan fingerprint density at radius 2 is 2.33 bits per heavy atom. The van der Waals surface area contributed by atoms with Crippen molar-refractivity contribution in [2.75, 3.05) is 6.54 Å². The quantitative estimate of drug-likeness (QED) is 0.897. The van der Waals surface area contributed by atoms with Gasteiger partial charge >= 0.3 is 0 Å². The van der Waals surface area contributed by atoms with Gasteiger partial charge in [0.1, 0.15) is 17.0 Å². The monoisotopic (exact) mass is 260 g/mol. The molecule has 2 aromatic rings. The Hall–Kier alpha value is -1.33. The highest BCUT2D eigenvalue weighted by Crippen LogP contribution is 2.43. The van der Waals surface area contributed by atoms with Gasteiger partial charge in [0, 0.05) is 23.5 Å². The minimum atomic E-state index is 0.686. The van der Waals surface area contributed by atoms with Crippen LogP contribution in [0.1, 0.15) is 36.3 Å². The van der Waals surface area contributed by atoms with Crippen LogP contribution in [0.25, 0.3) is 10.7 Å². The molecular formula is C13H16N4S. The van der Waals surface area contributed by atoms with Crippen molar-refractivity contribution in [3.63, 3.8) is 0 Å². The van der Waals surface area contributed by atoms with Crippen molar-refractivity contribution in [3.05, 3.63) is 29.2 Å². The van der Waals surface area contributed by atoms with Crippen molar-refractivity contribution in [2.24, 2.45) is 0 Å². The molecule has 0 saturated heterocycles. The lowest BCUT2D eigenvalue weighted by molar-refractivity contribution is 0.727. The fourth-order valence-corrected chi connectivity index (χ4v) is 3.03. The summed E-state index contributed by atoms with van der Waals surface area (Å²) in [5, 5.41) is 4.41. The summed E-state index contributed by atoms with van der Waals surface area (Å²) in [7, 11) is 0. The number of rotatable bonds is 5. The number of thiazole rings is 1. The molecule has 5 heteroatoms. The highest BCUT2D eigenvalue weighted by Gasteiger charge is 2.29. The van der Waals surface area contributed by atoms with Gasteiger partial charge in [-0.2, -0.15) is 0 Å². The van der Waals surface area contributed by atoms with Crippen molar-refractivity contribution in [1.82, 2.24) is 20.3 Å². The lowest BCUT2D eigenvalue weighted by Crippen LogP contribution is -2.11. The molecule has 2 aromatic heterocycles. The molecule has 0 amide bonds. The average molecular weight is 260 g/mol. The van der Waals surface area contributed by atoms with E-state index in [0.717, 1.165) is 23.8 Å². The fourth-order valence-electron chi connectivity index (χ4n) is 1.93. The number of hydrogen-bond donors (Lipinski definition) is 1. The van der Waals surface area contributed by atoms with Crippen LogP contribution in [0.15, 0.2) is 18.6 Å². The first-order valence-electron chi connectivity index (χ1n) is 6.35. The fraction of sp³-hybridized carbons (Fsp3) is 0.462. The number of hydrogen-bond acceptors (Lipinski definition) is 5.